The molecule has 31 heavy (non-hydrogen) atoms. The number of anilines is 2. The fourth-order valence-electron chi connectivity index (χ4n) is 3.54. The van der Waals surface area contributed by atoms with Gasteiger partial charge in [-0.2, -0.15) is 4.99 Å². The number of aliphatic imine (C=N–C) groups is 2. The van der Waals surface area contributed by atoms with Crippen molar-refractivity contribution in [1.29, 1.82) is 0 Å². The predicted molar refractivity (Wildman–Crippen MR) is 127 cm³/mol. The normalized spacial score (nSPS) is 18.6. The van der Waals surface area contributed by atoms with Crippen molar-refractivity contribution in [2.45, 2.75) is 20.1 Å². The van der Waals surface area contributed by atoms with Crippen molar-refractivity contribution in [3.05, 3.63) is 53.6 Å². The molecule has 166 valence electrons. The number of halogens is 1. The second kappa shape index (κ2) is 9.89. The zero-order chi connectivity index (χ0) is 21.1. The van der Waals surface area contributed by atoms with E-state index in [1.807, 2.05) is 24.3 Å². The average molecular weight is 445 g/mol. The predicted octanol–water partition coefficient (Wildman–Crippen LogP) is 2.95. The van der Waals surface area contributed by atoms with Crippen molar-refractivity contribution in [3.8, 4) is 5.75 Å². The van der Waals surface area contributed by atoms with Crippen LogP contribution in [0, 0.1) is 13.8 Å². The highest BCUT2D eigenvalue weighted by Gasteiger charge is 2.32. The number of benzene rings is 2. The topological polar surface area (TPSA) is 87.7 Å². The summed E-state index contributed by atoms with van der Waals surface area (Å²) in [4.78, 5) is 13.5. The van der Waals surface area contributed by atoms with Crippen molar-refractivity contribution in [1.82, 2.24) is 4.90 Å². The second-order valence-corrected chi connectivity index (χ2v) is 7.38. The molecule has 0 aromatic heterocycles. The molecule has 3 N–H and O–H groups in total. The van der Waals surface area contributed by atoms with E-state index in [1.165, 1.54) is 11.1 Å². The SMILES string of the molecule is COc1ccc(N2C(N3CCOCC3)=NC(N)=NC2Nc2ccc(C)c(C)c2)cc1.Cl. The number of nitrogens with one attached hydrogen (secondary N) is 1. The molecule has 9 heteroatoms. The van der Waals surface area contributed by atoms with Crippen LogP contribution in [-0.2, 0) is 4.74 Å². The third-order valence-corrected chi connectivity index (χ3v) is 5.38. The maximum Gasteiger partial charge on any atom is 0.222 e. The Morgan fingerprint density at radius 3 is 2.42 bits per heavy atom. The van der Waals surface area contributed by atoms with Gasteiger partial charge in [-0.15, -0.1) is 12.4 Å². The monoisotopic (exact) mass is 444 g/mol. The van der Waals surface area contributed by atoms with E-state index in [-0.39, 0.29) is 18.4 Å². The number of hydrogen-bond donors (Lipinski definition) is 2. The Bertz CT molecular complexity index is 957. The van der Waals surface area contributed by atoms with Gasteiger partial charge in [0.2, 0.25) is 18.2 Å². The van der Waals surface area contributed by atoms with Crippen molar-refractivity contribution >= 4 is 35.7 Å². The molecule has 2 aliphatic rings. The van der Waals surface area contributed by atoms with Crippen LogP contribution in [0.5, 0.6) is 5.75 Å². The number of hydrogen-bond acceptors (Lipinski definition) is 8. The van der Waals surface area contributed by atoms with Gasteiger partial charge in [-0.1, -0.05) is 6.07 Å². The number of nitrogens with zero attached hydrogens (tertiary/aromatic N) is 4. The van der Waals surface area contributed by atoms with E-state index in [9.17, 15) is 0 Å². The number of guanidine groups is 2. The highest BCUT2D eigenvalue weighted by molar-refractivity contribution is 6.06. The van der Waals surface area contributed by atoms with Gasteiger partial charge in [-0.05, 0) is 61.4 Å². The van der Waals surface area contributed by atoms with Crippen LogP contribution < -0.4 is 20.7 Å². The molecule has 0 radical (unpaired) electrons. The van der Waals surface area contributed by atoms with Gasteiger partial charge in [0.15, 0.2) is 0 Å². The molecule has 1 fully saturated rings. The van der Waals surface area contributed by atoms with Gasteiger partial charge in [0, 0.05) is 24.5 Å². The maximum atomic E-state index is 6.13. The van der Waals surface area contributed by atoms with E-state index >= 15 is 0 Å². The molecule has 2 heterocycles. The second-order valence-electron chi connectivity index (χ2n) is 7.38. The molecule has 2 aromatic carbocycles. The van der Waals surface area contributed by atoms with Crippen LogP contribution in [0.4, 0.5) is 11.4 Å². The number of nitrogens with two attached hydrogens (primary N) is 1. The Hall–Kier alpha value is -2.97. The Balaban J connectivity index is 0.00000272. The third-order valence-electron chi connectivity index (χ3n) is 5.38. The molecule has 0 bridgehead atoms. The highest BCUT2D eigenvalue weighted by Crippen LogP contribution is 2.27. The van der Waals surface area contributed by atoms with Crippen LogP contribution in [0.1, 0.15) is 11.1 Å². The minimum absolute atomic E-state index is 0. The number of methoxy groups -OCH3 is 1. The van der Waals surface area contributed by atoms with Crippen LogP contribution >= 0.6 is 12.4 Å². The summed E-state index contributed by atoms with van der Waals surface area (Å²) in [6, 6.07) is 14.1. The lowest BCUT2D eigenvalue weighted by Gasteiger charge is -2.41. The molecule has 1 atom stereocenters. The van der Waals surface area contributed by atoms with E-state index in [4.69, 9.17) is 15.2 Å². The molecule has 1 unspecified atom stereocenters. The Labute approximate surface area is 189 Å². The lowest BCUT2D eigenvalue weighted by atomic mass is 10.1. The summed E-state index contributed by atoms with van der Waals surface area (Å²) in [7, 11) is 1.66. The van der Waals surface area contributed by atoms with Crippen LogP contribution in [0.25, 0.3) is 0 Å². The van der Waals surface area contributed by atoms with Crippen molar-refractivity contribution < 1.29 is 9.47 Å². The fourth-order valence-corrected chi connectivity index (χ4v) is 3.54. The van der Waals surface area contributed by atoms with Gasteiger partial charge in [0.05, 0.1) is 20.3 Å². The third kappa shape index (κ3) is 5.03. The maximum absolute atomic E-state index is 6.13. The van der Waals surface area contributed by atoms with Gasteiger partial charge in [-0.25, -0.2) is 4.99 Å². The largest absolute Gasteiger partial charge is 0.497 e. The lowest BCUT2D eigenvalue weighted by Crippen LogP contribution is -2.57. The first-order chi connectivity index (χ1) is 14.5. The quantitative estimate of drug-likeness (QED) is 0.753. The molecular formula is C22H29ClN6O2. The van der Waals surface area contributed by atoms with Gasteiger partial charge in [0.1, 0.15) is 5.75 Å². The molecule has 8 nitrogen and oxygen atoms in total. The smallest absolute Gasteiger partial charge is 0.222 e. The van der Waals surface area contributed by atoms with E-state index in [0.717, 1.165) is 36.2 Å². The first-order valence-electron chi connectivity index (χ1n) is 10.1. The van der Waals surface area contributed by atoms with Crippen molar-refractivity contribution in [2.24, 2.45) is 15.7 Å². The van der Waals surface area contributed by atoms with Gasteiger partial charge < -0.3 is 25.4 Å². The molecule has 0 saturated carbocycles. The molecule has 0 amide bonds. The van der Waals surface area contributed by atoms with Crippen LogP contribution in [0.15, 0.2) is 52.4 Å². The minimum atomic E-state index is -0.434. The van der Waals surface area contributed by atoms with Gasteiger partial charge in [-0.3, -0.25) is 4.90 Å². The zero-order valence-electron chi connectivity index (χ0n) is 18.0. The number of aryl methyl sites for hydroxylation is 2. The number of ether oxygens (including phenoxy) is 2. The van der Waals surface area contributed by atoms with E-state index in [0.29, 0.717) is 13.2 Å². The van der Waals surface area contributed by atoms with Crippen molar-refractivity contribution in [2.75, 3.05) is 43.6 Å². The molecule has 2 aromatic rings. The molecule has 4 rings (SSSR count). The number of morpholine rings is 1. The molecule has 0 aliphatic carbocycles. The summed E-state index contributed by atoms with van der Waals surface area (Å²) >= 11 is 0. The summed E-state index contributed by atoms with van der Waals surface area (Å²) in [6.45, 7) is 7.00. The van der Waals surface area contributed by atoms with Gasteiger partial charge in [0.25, 0.3) is 0 Å². The average Bonchev–Trinajstić information content (AvgIpc) is 2.77. The first kappa shape index (κ1) is 22.7. The summed E-state index contributed by atoms with van der Waals surface area (Å²) in [5.41, 5.74) is 10.5. The minimum Gasteiger partial charge on any atom is -0.497 e. The van der Waals surface area contributed by atoms with E-state index in [1.54, 1.807) is 7.11 Å². The Kier molecular flexibility index (Phi) is 7.25. The molecular weight excluding hydrogens is 416 g/mol. The highest BCUT2D eigenvalue weighted by atomic mass is 35.5. The summed E-state index contributed by atoms with van der Waals surface area (Å²) in [5.74, 6) is 1.81. The molecule has 1 saturated heterocycles. The van der Waals surface area contributed by atoms with Crippen LogP contribution in [0.3, 0.4) is 0 Å². The van der Waals surface area contributed by atoms with E-state index in [2.05, 4.69) is 57.1 Å². The molecule has 2 aliphatic heterocycles. The van der Waals surface area contributed by atoms with Crippen LogP contribution in [-0.4, -0.2) is 56.5 Å². The Morgan fingerprint density at radius 1 is 1.06 bits per heavy atom. The van der Waals surface area contributed by atoms with E-state index < -0.39 is 6.29 Å². The molecule has 0 spiro atoms. The Morgan fingerprint density at radius 2 is 1.77 bits per heavy atom. The summed E-state index contributed by atoms with van der Waals surface area (Å²) in [6.07, 6.45) is -0.434. The first-order valence-corrected chi connectivity index (χ1v) is 10.1. The fraction of sp³-hybridized carbons (Fsp3) is 0.364. The van der Waals surface area contributed by atoms with Crippen molar-refractivity contribution in [3.63, 3.8) is 0 Å². The standard InChI is InChI=1S/C22H28N6O2.ClH/c1-15-4-5-17(14-16(15)2)24-21-25-20(23)26-22(27-10-12-30-13-11-27)28(21)18-6-8-19(29-3)9-7-18;/h4-9,14,21,24H,10-13H2,1-3H3,(H2,23,25);1H. The lowest BCUT2D eigenvalue weighted by molar-refractivity contribution is 0.0671. The zero-order valence-corrected chi connectivity index (χ0v) is 18.9. The summed E-state index contributed by atoms with van der Waals surface area (Å²) in [5, 5.41) is 3.51. The van der Waals surface area contributed by atoms with Gasteiger partial charge >= 0.3 is 0 Å². The number of rotatable bonds is 4. The summed E-state index contributed by atoms with van der Waals surface area (Å²) < 4.78 is 10.9. The van der Waals surface area contributed by atoms with Crippen LogP contribution in [0.2, 0.25) is 0 Å².